The third-order valence-corrected chi connectivity index (χ3v) is 5.91. The van der Waals surface area contributed by atoms with Crippen molar-refractivity contribution in [3.05, 3.63) is 65.2 Å². The molecule has 2 aromatic rings. The lowest BCUT2D eigenvalue weighted by atomic mass is 9.94. The molecule has 0 bridgehead atoms. The zero-order valence-electron chi connectivity index (χ0n) is 17.6. The summed E-state index contributed by atoms with van der Waals surface area (Å²) in [6.45, 7) is 8.11. The first kappa shape index (κ1) is 21.1. The number of hydrogen-bond donors (Lipinski definition) is 2. The third kappa shape index (κ3) is 5.67. The van der Waals surface area contributed by atoms with Crippen LogP contribution >= 0.6 is 0 Å². The van der Waals surface area contributed by atoms with Crippen molar-refractivity contribution in [1.29, 1.82) is 0 Å². The van der Waals surface area contributed by atoms with E-state index in [0.717, 1.165) is 42.7 Å². The number of likely N-dealkylation sites (tertiary alicyclic amines) is 1. The van der Waals surface area contributed by atoms with Crippen LogP contribution in [0.15, 0.2) is 48.5 Å². The van der Waals surface area contributed by atoms with Crippen LogP contribution in [0.25, 0.3) is 0 Å². The molecule has 1 fully saturated rings. The van der Waals surface area contributed by atoms with Gasteiger partial charge < -0.3 is 10.6 Å². The second kappa shape index (κ2) is 9.70. The van der Waals surface area contributed by atoms with Gasteiger partial charge in [0.05, 0.1) is 6.04 Å². The van der Waals surface area contributed by atoms with Gasteiger partial charge in [-0.2, -0.15) is 0 Å². The summed E-state index contributed by atoms with van der Waals surface area (Å²) >= 11 is 0. The molecule has 3 rings (SSSR count). The maximum atomic E-state index is 12.7. The second-order valence-corrected chi connectivity index (χ2v) is 7.98. The molecule has 1 aliphatic heterocycles. The fourth-order valence-electron chi connectivity index (χ4n) is 3.71. The highest BCUT2D eigenvalue weighted by Crippen LogP contribution is 2.21. The molecule has 2 N–H and O–H groups in total. The van der Waals surface area contributed by atoms with Crippen LogP contribution in [0.4, 0.5) is 5.69 Å². The molecule has 2 aromatic carbocycles. The van der Waals surface area contributed by atoms with E-state index in [9.17, 15) is 9.59 Å². The van der Waals surface area contributed by atoms with Gasteiger partial charge in [-0.05, 0) is 75.5 Å². The van der Waals surface area contributed by atoms with Gasteiger partial charge in [-0.15, -0.1) is 0 Å². The van der Waals surface area contributed by atoms with Gasteiger partial charge in [0.15, 0.2) is 0 Å². The number of piperidine rings is 1. The van der Waals surface area contributed by atoms with Crippen LogP contribution in [0, 0.1) is 19.8 Å². The summed E-state index contributed by atoms with van der Waals surface area (Å²) in [5.41, 5.74) is 4.32. The summed E-state index contributed by atoms with van der Waals surface area (Å²) < 4.78 is 0. The fourth-order valence-corrected chi connectivity index (χ4v) is 3.71. The van der Waals surface area contributed by atoms with E-state index < -0.39 is 0 Å². The molecule has 2 amide bonds. The highest BCUT2D eigenvalue weighted by Gasteiger charge is 2.29. The average molecular weight is 394 g/mol. The first-order valence-corrected chi connectivity index (χ1v) is 10.4. The normalized spacial score (nSPS) is 16.2. The Balaban J connectivity index is 1.45. The molecule has 1 atom stereocenters. The molecule has 1 unspecified atom stereocenters. The predicted molar refractivity (Wildman–Crippen MR) is 117 cm³/mol. The second-order valence-electron chi connectivity index (χ2n) is 7.98. The van der Waals surface area contributed by atoms with Crippen molar-refractivity contribution in [2.45, 2.75) is 46.2 Å². The Bertz CT molecular complexity index is 842. The van der Waals surface area contributed by atoms with E-state index >= 15 is 0 Å². The fraction of sp³-hybridized carbons (Fsp3) is 0.417. The molecular formula is C24H31N3O2. The number of carbonyl (C=O) groups excluding carboxylic acids is 2. The maximum absolute atomic E-state index is 12.7. The molecule has 0 spiro atoms. The molecule has 1 heterocycles. The molecule has 1 aliphatic rings. The van der Waals surface area contributed by atoms with E-state index in [4.69, 9.17) is 0 Å². The lowest BCUT2D eigenvalue weighted by molar-refractivity contribution is -0.127. The van der Waals surface area contributed by atoms with Crippen molar-refractivity contribution in [1.82, 2.24) is 10.2 Å². The molecule has 0 saturated carbocycles. The summed E-state index contributed by atoms with van der Waals surface area (Å²) in [6, 6.07) is 15.7. The van der Waals surface area contributed by atoms with Gasteiger partial charge >= 0.3 is 0 Å². The highest BCUT2D eigenvalue weighted by atomic mass is 16.2. The Kier molecular flexibility index (Phi) is 7.04. The van der Waals surface area contributed by atoms with Gasteiger partial charge in [-0.3, -0.25) is 14.5 Å². The predicted octanol–water partition coefficient (Wildman–Crippen LogP) is 3.66. The number of hydrogen-bond acceptors (Lipinski definition) is 3. The molecule has 0 aliphatic carbocycles. The standard InChI is InChI=1S/C24H31N3O2/c1-17-9-10-22(15-18(17)2)26-23(28)19(3)27-13-11-21(12-14-27)24(29)25-16-20-7-5-4-6-8-20/h4-10,15,19,21H,11-14,16H2,1-3H3,(H,25,29)(H,26,28). The largest absolute Gasteiger partial charge is 0.352 e. The SMILES string of the molecule is Cc1ccc(NC(=O)C(C)N2CCC(C(=O)NCc3ccccc3)CC2)cc1C. The van der Waals surface area contributed by atoms with Crippen LogP contribution in [-0.4, -0.2) is 35.8 Å². The number of carbonyl (C=O) groups is 2. The number of amides is 2. The third-order valence-electron chi connectivity index (χ3n) is 5.91. The number of benzene rings is 2. The van der Waals surface area contributed by atoms with Crippen LogP contribution in [-0.2, 0) is 16.1 Å². The average Bonchev–Trinajstić information content (AvgIpc) is 2.75. The van der Waals surface area contributed by atoms with E-state index in [2.05, 4.69) is 22.5 Å². The lowest BCUT2D eigenvalue weighted by Gasteiger charge is -2.34. The smallest absolute Gasteiger partial charge is 0.241 e. The van der Waals surface area contributed by atoms with Crippen LogP contribution in [0.2, 0.25) is 0 Å². The molecule has 5 heteroatoms. The van der Waals surface area contributed by atoms with Gasteiger partial charge in [0, 0.05) is 18.2 Å². The minimum absolute atomic E-state index is 0.000215. The van der Waals surface area contributed by atoms with Crippen molar-refractivity contribution in [3.63, 3.8) is 0 Å². The summed E-state index contributed by atoms with van der Waals surface area (Å²) in [5, 5.41) is 6.06. The van der Waals surface area contributed by atoms with Crippen molar-refractivity contribution < 1.29 is 9.59 Å². The van der Waals surface area contributed by atoms with Crippen LogP contribution < -0.4 is 10.6 Å². The van der Waals surface area contributed by atoms with E-state index in [0.29, 0.717) is 6.54 Å². The van der Waals surface area contributed by atoms with Crippen molar-refractivity contribution in [3.8, 4) is 0 Å². The number of anilines is 1. The summed E-state index contributed by atoms with van der Waals surface area (Å²) in [4.78, 5) is 27.3. The van der Waals surface area contributed by atoms with Gasteiger partial charge in [0.25, 0.3) is 0 Å². The molecule has 154 valence electrons. The number of nitrogens with zero attached hydrogens (tertiary/aromatic N) is 1. The Labute approximate surface area is 173 Å². The molecule has 0 radical (unpaired) electrons. The first-order chi connectivity index (χ1) is 13.9. The number of aryl methyl sites for hydroxylation is 2. The Hall–Kier alpha value is -2.66. The van der Waals surface area contributed by atoms with E-state index in [1.54, 1.807) is 0 Å². The molecular weight excluding hydrogens is 362 g/mol. The van der Waals surface area contributed by atoms with Crippen molar-refractivity contribution in [2.24, 2.45) is 5.92 Å². The molecule has 1 saturated heterocycles. The highest BCUT2D eigenvalue weighted by molar-refractivity contribution is 5.94. The quantitative estimate of drug-likeness (QED) is 0.787. The zero-order valence-corrected chi connectivity index (χ0v) is 17.6. The number of nitrogens with one attached hydrogen (secondary N) is 2. The van der Waals surface area contributed by atoms with Gasteiger partial charge in [0.2, 0.25) is 11.8 Å². The zero-order chi connectivity index (χ0) is 20.8. The van der Waals surface area contributed by atoms with E-state index in [-0.39, 0.29) is 23.8 Å². The van der Waals surface area contributed by atoms with Crippen LogP contribution in [0.5, 0.6) is 0 Å². The maximum Gasteiger partial charge on any atom is 0.241 e. The van der Waals surface area contributed by atoms with Crippen molar-refractivity contribution >= 4 is 17.5 Å². The summed E-state index contributed by atoms with van der Waals surface area (Å²) in [7, 11) is 0. The number of rotatable bonds is 6. The lowest BCUT2D eigenvalue weighted by Crippen LogP contribution is -2.48. The summed E-state index contributed by atoms with van der Waals surface area (Å²) in [6.07, 6.45) is 1.56. The molecule has 29 heavy (non-hydrogen) atoms. The van der Waals surface area contributed by atoms with Crippen LogP contribution in [0.1, 0.15) is 36.5 Å². The van der Waals surface area contributed by atoms with Gasteiger partial charge in [-0.25, -0.2) is 0 Å². The molecule has 0 aromatic heterocycles. The van der Waals surface area contributed by atoms with Crippen molar-refractivity contribution in [2.75, 3.05) is 18.4 Å². The topological polar surface area (TPSA) is 61.4 Å². The van der Waals surface area contributed by atoms with Crippen LogP contribution in [0.3, 0.4) is 0 Å². The van der Waals surface area contributed by atoms with Gasteiger partial charge in [-0.1, -0.05) is 36.4 Å². The van der Waals surface area contributed by atoms with E-state index in [1.807, 2.05) is 62.4 Å². The Morgan fingerprint density at radius 2 is 1.72 bits per heavy atom. The monoisotopic (exact) mass is 393 g/mol. The van der Waals surface area contributed by atoms with E-state index in [1.165, 1.54) is 5.56 Å². The minimum Gasteiger partial charge on any atom is -0.352 e. The summed E-state index contributed by atoms with van der Waals surface area (Å²) in [5.74, 6) is 0.131. The minimum atomic E-state index is -0.218. The first-order valence-electron chi connectivity index (χ1n) is 10.4. The molecule has 5 nitrogen and oxygen atoms in total. The Morgan fingerprint density at radius 1 is 1.03 bits per heavy atom. The van der Waals surface area contributed by atoms with Gasteiger partial charge in [0.1, 0.15) is 0 Å². The Morgan fingerprint density at radius 3 is 2.38 bits per heavy atom.